The van der Waals surface area contributed by atoms with Crippen LogP contribution < -0.4 is 0 Å². The van der Waals surface area contributed by atoms with Gasteiger partial charge < -0.3 is 5.11 Å². The lowest BCUT2D eigenvalue weighted by molar-refractivity contribution is -0.146. The van der Waals surface area contributed by atoms with Gasteiger partial charge in [0.25, 0.3) is 0 Å². The smallest absolute Gasteiger partial charge is 0.322 e. The lowest BCUT2D eigenvalue weighted by Gasteiger charge is -2.41. The Labute approximate surface area is 110 Å². The molecule has 0 radical (unpaired) electrons. The number of carboxylic acids is 1. The molecular formula is C14H26N2O2. The van der Waals surface area contributed by atoms with Gasteiger partial charge in [-0.05, 0) is 58.8 Å². The molecule has 2 aliphatic rings. The molecule has 2 fully saturated rings. The first-order chi connectivity index (χ1) is 8.70. The van der Waals surface area contributed by atoms with Crippen molar-refractivity contribution in [1.29, 1.82) is 0 Å². The van der Waals surface area contributed by atoms with Crippen LogP contribution in [0.3, 0.4) is 0 Å². The second-order valence-electron chi connectivity index (χ2n) is 5.72. The zero-order valence-corrected chi connectivity index (χ0v) is 11.5. The Kier molecular flexibility index (Phi) is 5.01. The summed E-state index contributed by atoms with van der Waals surface area (Å²) in [4.78, 5) is 16.2. The summed E-state index contributed by atoms with van der Waals surface area (Å²) in [5, 5.41) is 9.56. The number of hydrogen-bond acceptors (Lipinski definition) is 3. The molecule has 2 heterocycles. The van der Waals surface area contributed by atoms with Crippen LogP contribution >= 0.6 is 0 Å². The Balaban J connectivity index is 2.00. The zero-order valence-electron chi connectivity index (χ0n) is 11.5. The summed E-state index contributed by atoms with van der Waals surface area (Å²) in [5.74, 6) is -0.644. The molecule has 2 rings (SSSR count). The summed E-state index contributed by atoms with van der Waals surface area (Å²) in [6, 6.07) is -0.177. The van der Waals surface area contributed by atoms with Crippen LogP contribution in [0, 0.1) is 0 Å². The van der Waals surface area contributed by atoms with Crippen LogP contribution in [0.15, 0.2) is 0 Å². The van der Waals surface area contributed by atoms with Crippen molar-refractivity contribution in [2.45, 2.75) is 57.5 Å². The molecule has 0 aliphatic carbocycles. The second kappa shape index (κ2) is 6.53. The molecule has 0 saturated carbocycles. The number of nitrogens with zero attached hydrogens (tertiary/aromatic N) is 2. The molecule has 0 aromatic rings. The number of piperidine rings is 2. The van der Waals surface area contributed by atoms with Crippen molar-refractivity contribution in [1.82, 2.24) is 9.80 Å². The van der Waals surface area contributed by atoms with Crippen molar-refractivity contribution in [3.8, 4) is 0 Å². The SMILES string of the molecule is CC(C(C(=O)O)N1CCCCC1)N1CCCCC1. The van der Waals surface area contributed by atoms with E-state index < -0.39 is 5.97 Å². The molecule has 4 nitrogen and oxygen atoms in total. The molecule has 18 heavy (non-hydrogen) atoms. The highest BCUT2D eigenvalue weighted by Gasteiger charge is 2.35. The monoisotopic (exact) mass is 254 g/mol. The van der Waals surface area contributed by atoms with E-state index >= 15 is 0 Å². The molecule has 2 saturated heterocycles. The minimum atomic E-state index is -0.644. The Morgan fingerprint density at radius 2 is 1.33 bits per heavy atom. The molecule has 0 aromatic heterocycles. The van der Waals surface area contributed by atoms with Crippen LogP contribution in [-0.4, -0.2) is 59.1 Å². The maximum Gasteiger partial charge on any atom is 0.322 e. The van der Waals surface area contributed by atoms with E-state index in [9.17, 15) is 9.90 Å². The van der Waals surface area contributed by atoms with Crippen LogP contribution in [0.4, 0.5) is 0 Å². The van der Waals surface area contributed by atoms with Gasteiger partial charge in [0.15, 0.2) is 0 Å². The van der Waals surface area contributed by atoms with Crippen molar-refractivity contribution >= 4 is 5.97 Å². The van der Waals surface area contributed by atoms with E-state index in [2.05, 4.69) is 16.7 Å². The quantitative estimate of drug-likeness (QED) is 0.831. The lowest BCUT2D eigenvalue weighted by atomic mass is 10.00. The van der Waals surface area contributed by atoms with Crippen molar-refractivity contribution in [3.63, 3.8) is 0 Å². The highest BCUT2D eigenvalue weighted by Crippen LogP contribution is 2.20. The highest BCUT2D eigenvalue weighted by atomic mass is 16.4. The maximum atomic E-state index is 11.6. The molecular weight excluding hydrogens is 228 g/mol. The number of carboxylic acid groups (broad SMARTS) is 1. The van der Waals surface area contributed by atoms with Crippen molar-refractivity contribution in [2.24, 2.45) is 0 Å². The van der Waals surface area contributed by atoms with Gasteiger partial charge in [0.2, 0.25) is 0 Å². The van der Waals surface area contributed by atoms with Gasteiger partial charge in [-0.2, -0.15) is 0 Å². The van der Waals surface area contributed by atoms with E-state index in [4.69, 9.17) is 0 Å². The fourth-order valence-electron chi connectivity index (χ4n) is 3.39. The molecule has 1 N–H and O–H groups in total. The lowest BCUT2D eigenvalue weighted by Crippen LogP contribution is -2.56. The van der Waals surface area contributed by atoms with Crippen LogP contribution in [-0.2, 0) is 4.79 Å². The summed E-state index contributed by atoms with van der Waals surface area (Å²) in [6.45, 7) is 6.14. The third-order valence-electron chi connectivity index (χ3n) is 4.46. The maximum absolute atomic E-state index is 11.6. The minimum absolute atomic E-state index is 0.140. The third kappa shape index (κ3) is 3.23. The van der Waals surface area contributed by atoms with Gasteiger partial charge in [-0.1, -0.05) is 12.8 Å². The van der Waals surface area contributed by atoms with Crippen molar-refractivity contribution < 1.29 is 9.90 Å². The summed E-state index contributed by atoms with van der Waals surface area (Å²) in [5.41, 5.74) is 0. The highest BCUT2D eigenvalue weighted by molar-refractivity contribution is 5.74. The molecule has 2 unspecified atom stereocenters. The summed E-state index contributed by atoms with van der Waals surface area (Å²) in [6.07, 6.45) is 7.28. The van der Waals surface area contributed by atoms with Gasteiger partial charge in [0.05, 0.1) is 0 Å². The van der Waals surface area contributed by atoms with E-state index in [1.807, 2.05) is 0 Å². The average molecular weight is 254 g/mol. The fraction of sp³-hybridized carbons (Fsp3) is 0.929. The van der Waals surface area contributed by atoms with Gasteiger partial charge in [-0.15, -0.1) is 0 Å². The van der Waals surface area contributed by atoms with Gasteiger partial charge in [-0.25, -0.2) is 0 Å². The molecule has 0 aromatic carbocycles. The van der Waals surface area contributed by atoms with E-state index in [0.717, 1.165) is 39.0 Å². The molecule has 104 valence electrons. The number of rotatable bonds is 4. The average Bonchev–Trinajstić information content (AvgIpc) is 2.40. The molecule has 0 amide bonds. The molecule has 2 aliphatic heterocycles. The number of aliphatic carboxylic acids is 1. The third-order valence-corrected chi connectivity index (χ3v) is 4.46. The molecule has 2 atom stereocenters. The van der Waals surface area contributed by atoms with Gasteiger partial charge >= 0.3 is 5.97 Å². The van der Waals surface area contributed by atoms with Crippen molar-refractivity contribution in [3.05, 3.63) is 0 Å². The predicted molar refractivity (Wildman–Crippen MR) is 71.7 cm³/mol. The summed E-state index contributed by atoms with van der Waals surface area (Å²) in [7, 11) is 0. The second-order valence-corrected chi connectivity index (χ2v) is 5.72. The Bertz CT molecular complexity index is 271. The van der Waals surface area contributed by atoms with Crippen LogP contribution in [0.5, 0.6) is 0 Å². The number of carbonyl (C=O) groups is 1. The van der Waals surface area contributed by atoms with Gasteiger partial charge in [-0.3, -0.25) is 14.6 Å². The number of hydrogen-bond donors (Lipinski definition) is 1. The Hall–Kier alpha value is -0.610. The number of likely N-dealkylation sites (tertiary alicyclic amines) is 2. The molecule has 0 bridgehead atoms. The Morgan fingerprint density at radius 1 is 0.889 bits per heavy atom. The normalized spacial score (nSPS) is 26.7. The first-order valence-corrected chi connectivity index (χ1v) is 7.41. The van der Waals surface area contributed by atoms with E-state index in [-0.39, 0.29) is 12.1 Å². The first-order valence-electron chi connectivity index (χ1n) is 7.41. The summed E-state index contributed by atoms with van der Waals surface area (Å²) >= 11 is 0. The zero-order chi connectivity index (χ0) is 13.0. The minimum Gasteiger partial charge on any atom is -0.480 e. The van der Waals surface area contributed by atoms with Crippen LogP contribution in [0.2, 0.25) is 0 Å². The first kappa shape index (κ1) is 13.8. The van der Waals surface area contributed by atoms with Crippen molar-refractivity contribution in [2.75, 3.05) is 26.2 Å². The molecule has 4 heteroatoms. The van der Waals surface area contributed by atoms with Gasteiger partial charge in [0.1, 0.15) is 6.04 Å². The van der Waals surface area contributed by atoms with Crippen LogP contribution in [0.25, 0.3) is 0 Å². The van der Waals surface area contributed by atoms with E-state index in [1.54, 1.807) is 0 Å². The fourth-order valence-corrected chi connectivity index (χ4v) is 3.39. The summed E-state index contributed by atoms with van der Waals surface area (Å²) < 4.78 is 0. The topological polar surface area (TPSA) is 43.8 Å². The predicted octanol–water partition coefficient (Wildman–Crippen LogP) is 1.80. The van der Waals surface area contributed by atoms with E-state index in [1.165, 1.54) is 25.7 Å². The molecule has 0 spiro atoms. The van der Waals surface area contributed by atoms with E-state index in [0.29, 0.717) is 0 Å². The van der Waals surface area contributed by atoms with Crippen LogP contribution in [0.1, 0.15) is 45.4 Å². The Morgan fingerprint density at radius 3 is 1.78 bits per heavy atom. The standard InChI is InChI=1S/C14H26N2O2/c1-12(15-8-4-2-5-9-15)13(14(17)18)16-10-6-3-7-11-16/h12-13H,2-11H2,1H3,(H,17,18). The largest absolute Gasteiger partial charge is 0.480 e. The van der Waals surface area contributed by atoms with Gasteiger partial charge in [0, 0.05) is 6.04 Å².